The molecule has 1 aliphatic carbocycles. The standard InChI is InChI=1S/C12H13N3O/c13-6-8-2-1-3-9(4-8)7-15-12(16)10-5-11(10)14/h1-4,10-11H,5,7,14H2,(H,15,16). The molecule has 1 aliphatic rings. The Hall–Kier alpha value is -1.86. The Morgan fingerprint density at radius 2 is 2.38 bits per heavy atom. The van der Waals surface area contributed by atoms with Crippen molar-refractivity contribution in [1.82, 2.24) is 5.32 Å². The highest BCUT2D eigenvalue weighted by molar-refractivity contribution is 5.82. The normalized spacial score (nSPS) is 22.2. The van der Waals surface area contributed by atoms with Crippen LogP contribution in [0.3, 0.4) is 0 Å². The first-order valence-electron chi connectivity index (χ1n) is 5.23. The molecule has 1 aromatic carbocycles. The number of benzene rings is 1. The van der Waals surface area contributed by atoms with Crippen LogP contribution < -0.4 is 11.1 Å². The molecule has 0 heterocycles. The molecule has 1 aromatic rings. The Bertz CT molecular complexity index is 450. The van der Waals surface area contributed by atoms with Crippen LogP contribution in [0.15, 0.2) is 24.3 Å². The second-order valence-electron chi connectivity index (χ2n) is 4.04. The fraction of sp³-hybridized carbons (Fsp3) is 0.333. The highest BCUT2D eigenvalue weighted by atomic mass is 16.2. The highest BCUT2D eigenvalue weighted by Gasteiger charge is 2.39. The molecule has 0 aromatic heterocycles. The van der Waals surface area contributed by atoms with Crippen LogP contribution in [-0.2, 0) is 11.3 Å². The fourth-order valence-corrected chi connectivity index (χ4v) is 1.59. The molecular formula is C12H13N3O. The van der Waals surface area contributed by atoms with Crippen molar-refractivity contribution in [3.8, 4) is 6.07 Å². The molecular weight excluding hydrogens is 202 g/mol. The number of hydrogen-bond acceptors (Lipinski definition) is 3. The minimum absolute atomic E-state index is 0.00913. The number of carbonyl (C=O) groups is 1. The summed E-state index contributed by atoms with van der Waals surface area (Å²) in [5, 5.41) is 11.5. The molecule has 2 rings (SSSR count). The van der Waals surface area contributed by atoms with E-state index in [9.17, 15) is 4.79 Å². The van der Waals surface area contributed by atoms with E-state index in [1.54, 1.807) is 12.1 Å². The van der Waals surface area contributed by atoms with Crippen molar-refractivity contribution in [3.05, 3.63) is 35.4 Å². The number of nitriles is 1. The van der Waals surface area contributed by atoms with E-state index in [-0.39, 0.29) is 17.9 Å². The van der Waals surface area contributed by atoms with Gasteiger partial charge in [0.1, 0.15) is 0 Å². The van der Waals surface area contributed by atoms with Gasteiger partial charge in [0.2, 0.25) is 5.91 Å². The molecule has 0 aliphatic heterocycles. The molecule has 3 N–H and O–H groups in total. The quantitative estimate of drug-likeness (QED) is 0.771. The lowest BCUT2D eigenvalue weighted by Crippen LogP contribution is -2.26. The van der Waals surface area contributed by atoms with Gasteiger partial charge in [0, 0.05) is 12.6 Å². The Balaban J connectivity index is 1.90. The van der Waals surface area contributed by atoms with Crippen LogP contribution in [0.25, 0.3) is 0 Å². The maximum atomic E-state index is 11.5. The molecule has 0 spiro atoms. The van der Waals surface area contributed by atoms with Crippen molar-refractivity contribution in [1.29, 1.82) is 5.26 Å². The number of hydrogen-bond donors (Lipinski definition) is 2. The lowest BCUT2D eigenvalue weighted by Gasteiger charge is -2.04. The molecule has 1 amide bonds. The maximum Gasteiger partial charge on any atom is 0.225 e. The van der Waals surface area contributed by atoms with E-state index >= 15 is 0 Å². The summed E-state index contributed by atoms with van der Waals surface area (Å²) in [6.07, 6.45) is 0.782. The molecule has 0 saturated heterocycles. The Morgan fingerprint density at radius 3 is 3.00 bits per heavy atom. The van der Waals surface area contributed by atoms with Crippen molar-refractivity contribution in [2.75, 3.05) is 0 Å². The predicted octanol–water partition coefficient (Wildman–Crippen LogP) is 0.522. The van der Waals surface area contributed by atoms with Crippen molar-refractivity contribution in [3.63, 3.8) is 0 Å². The van der Waals surface area contributed by atoms with E-state index in [0.29, 0.717) is 12.1 Å². The first-order valence-corrected chi connectivity index (χ1v) is 5.23. The minimum Gasteiger partial charge on any atom is -0.352 e. The van der Waals surface area contributed by atoms with E-state index in [0.717, 1.165) is 12.0 Å². The Labute approximate surface area is 94.1 Å². The van der Waals surface area contributed by atoms with Crippen molar-refractivity contribution < 1.29 is 4.79 Å². The van der Waals surface area contributed by atoms with Crippen molar-refractivity contribution in [2.45, 2.75) is 19.0 Å². The van der Waals surface area contributed by atoms with Gasteiger partial charge in [-0.25, -0.2) is 0 Å². The zero-order valence-electron chi connectivity index (χ0n) is 8.81. The van der Waals surface area contributed by atoms with E-state index in [4.69, 9.17) is 11.0 Å². The molecule has 16 heavy (non-hydrogen) atoms. The van der Waals surface area contributed by atoms with Gasteiger partial charge in [-0.05, 0) is 24.1 Å². The van der Waals surface area contributed by atoms with Crippen LogP contribution in [0.5, 0.6) is 0 Å². The number of nitrogens with one attached hydrogen (secondary N) is 1. The first-order chi connectivity index (χ1) is 7.70. The SMILES string of the molecule is N#Cc1cccc(CNC(=O)C2CC2N)c1. The first kappa shape index (κ1) is 10.7. The lowest BCUT2D eigenvalue weighted by molar-refractivity contribution is -0.122. The van der Waals surface area contributed by atoms with E-state index < -0.39 is 0 Å². The summed E-state index contributed by atoms with van der Waals surface area (Å²) in [5.74, 6) is -0.00555. The third-order valence-electron chi connectivity index (χ3n) is 2.70. The summed E-state index contributed by atoms with van der Waals surface area (Å²) in [6, 6.07) is 9.30. The third-order valence-corrected chi connectivity index (χ3v) is 2.70. The minimum atomic E-state index is -0.0147. The molecule has 0 radical (unpaired) electrons. The lowest BCUT2D eigenvalue weighted by atomic mass is 10.1. The molecule has 2 atom stereocenters. The van der Waals surface area contributed by atoms with Crippen molar-refractivity contribution in [2.24, 2.45) is 11.7 Å². The average Bonchev–Trinajstić information content (AvgIpc) is 3.04. The second-order valence-corrected chi connectivity index (χ2v) is 4.04. The van der Waals surface area contributed by atoms with Gasteiger partial charge in [-0.3, -0.25) is 4.79 Å². The summed E-state index contributed by atoms with van der Waals surface area (Å²) in [4.78, 5) is 11.5. The molecule has 1 saturated carbocycles. The smallest absolute Gasteiger partial charge is 0.225 e. The van der Waals surface area contributed by atoms with Crippen LogP contribution >= 0.6 is 0 Å². The van der Waals surface area contributed by atoms with Crippen LogP contribution in [0.4, 0.5) is 0 Å². The number of nitrogens with zero attached hydrogens (tertiary/aromatic N) is 1. The van der Waals surface area contributed by atoms with Gasteiger partial charge in [0.15, 0.2) is 0 Å². The van der Waals surface area contributed by atoms with E-state index in [2.05, 4.69) is 11.4 Å². The average molecular weight is 215 g/mol. The van der Waals surface area contributed by atoms with Crippen LogP contribution in [0.1, 0.15) is 17.5 Å². The second kappa shape index (κ2) is 4.33. The predicted molar refractivity (Wildman–Crippen MR) is 59.1 cm³/mol. The number of carbonyl (C=O) groups excluding carboxylic acids is 1. The third kappa shape index (κ3) is 2.38. The summed E-state index contributed by atoms with van der Waals surface area (Å²) in [6.45, 7) is 0.456. The summed E-state index contributed by atoms with van der Waals surface area (Å²) < 4.78 is 0. The largest absolute Gasteiger partial charge is 0.352 e. The number of nitrogens with two attached hydrogens (primary N) is 1. The Morgan fingerprint density at radius 1 is 1.62 bits per heavy atom. The molecule has 0 bridgehead atoms. The molecule has 2 unspecified atom stereocenters. The van der Waals surface area contributed by atoms with E-state index in [1.807, 2.05) is 12.1 Å². The topological polar surface area (TPSA) is 78.9 Å². The highest BCUT2D eigenvalue weighted by Crippen LogP contribution is 2.27. The molecule has 4 heteroatoms. The zero-order chi connectivity index (χ0) is 11.5. The van der Waals surface area contributed by atoms with Crippen LogP contribution in [0, 0.1) is 17.2 Å². The number of rotatable bonds is 3. The van der Waals surface area contributed by atoms with Gasteiger partial charge in [-0.1, -0.05) is 12.1 Å². The summed E-state index contributed by atoms with van der Waals surface area (Å²) >= 11 is 0. The zero-order valence-corrected chi connectivity index (χ0v) is 8.81. The Kier molecular flexibility index (Phi) is 2.88. The molecule has 1 fully saturated rings. The number of amides is 1. The summed E-state index contributed by atoms with van der Waals surface area (Å²) in [5.41, 5.74) is 7.12. The van der Waals surface area contributed by atoms with E-state index in [1.165, 1.54) is 0 Å². The maximum absolute atomic E-state index is 11.5. The fourth-order valence-electron chi connectivity index (χ4n) is 1.59. The van der Waals surface area contributed by atoms with Gasteiger partial charge in [0.25, 0.3) is 0 Å². The van der Waals surface area contributed by atoms with Gasteiger partial charge in [0.05, 0.1) is 17.6 Å². The van der Waals surface area contributed by atoms with Gasteiger partial charge >= 0.3 is 0 Å². The van der Waals surface area contributed by atoms with Crippen LogP contribution in [-0.4, -0.2) is 11.9 Å². The molecule has 4 nitrogen and oxygen atoms in total. The van der Waals surface area contributed by atoms with Gasteiger partial charge in [-0.2, -0.15) is 5.26 Å². The summed E-state index contributed by atoms with van der Waals surface area (Å²) in [7, 11) is 0. The monoisotopic (exact) mass is 215 g/mol. The van der Waals surface area contributed by atoms with Crippen LogP contribution in [0.2, 0.25) is 0 Å². The van der Waals surface area contributed by atoms with Gasteiger partial charge in [-0.15, -0.1) is 0 Å². The van der Waals surface area contributed by atoms with Gasteiger partial charge < -0.3 is 11.1 Å². The molecule has 82 valence electrons. The van der Waals surface area contributed by atoms with Crippen molar-refractivity contribution >= 4 is 5.91 Å².